The van der Waals surface area contributed by atoms with E-state index in [9.17, 15) is 18.0 Å². The first-order valence-electron chi connectivity index (χ1n) is 10.9. The van der Waals surface area contributed by atoms with Gasteiger partial charge in [-0.1, -0.05) is 42.8 Å². The molecule has 178 valence electrons. The number of hydrogen-bond donors (Lipinski definition) is 1. The molecule has 1 unspecified atom stereocenters. The van der Waals surface area contributed by atoms with E-state index in [2.05, 4.69) is 12.2 Å². The van der Waals surface area contributed by atoms with Gasteiger partial charge in [0.2, 0.25) is 0 Å². The normalized spacial score (nSPS) is 15.0. The molecule has 0 bridgehead atoms. The number of rotatable bonds is 7. The Hall–Kier alpha value is -2.64. The Kier molecular flexibility index (Phi) is 7.43. The van der Waals surface area contributed by atoms with Gasteiger partial charge >= 0.3 is 6.18 Å². The van der Waals surface area contributed by atoms with Crippen LogP contribution in [0.3, 0.4) is 0 Å². The molecule has 4 rings (SSSR count). The minimum Gasteiger partial charge on any atom is -0.489 e. The maximum absolute atomic E-state index is 13.4. The van der Waals surface area contributed by atoms with Crippen LogP contribution in [0.2, 0.25) is 5.02 Å². The van der Waals surface area contributed by atoms with Crippen molar-refractivity contribution in [1.82, 2.24) is 5.32 Å². The van der Waals surface area contributed by atoms with Gasteiger partial charge in [-0.3, -0.25) is 4.79 Å². The number of ether oxygens (including phenoxy) is 1. The molecule has 0 saturated heterocycles. The maximum atomic E-state index is 13.4. The third-order valence-electron chi connectivity index (χ3n) is 5.58. The Bertz CT molecular complexity index is 1180. The third kappa shape index (κ3) is 5.88. The van der Waals surface area contributed by atoms with Crippen LogP contribution in [0.5, 0.6) is 5.75 Å². The molecule has 1 aliphatic rings. The summed E-state index contributed by atoms with van der Waals surface area (Å²) < 4.78 is 46.2. The lowest BCUT2D eigenvalue weighted by atomic mass is 9.98. The van der Waals surface area contributed by atoms with Gasteiger partial charge in [0.1, 0.15) is 11.9 Å². The number of thioether (sulfide) groups is 1. The first-order valence-corrected chi connectivity index (χ1v) is 12.2. The molecule has 3 aromatic carbocycles. The van der Waals surface area contributed by atoms with Crippen LogP contribution in [0.1, 0.15) is 39.5 Å². The van der Waals surface area contributed by atoms with E-state index in [4.69, 9.17) is 16.3 Å². The van der Waals surface area contributed by atoms with E-state index in [0.717, 1.165) is 22.9 Å². The zero-order chi connectivity index (χ0) is 24.3. The number of halogens is 4. The van der Waals surface area contributed by atoms with Crippen molar-refractivity contribution in [3.63, 3.8) is 0 Å². The van der Waals surface area contributed by atoms with Crippen LogP contribution in [-0.4, -0.2) is 17.8 Å². The average molecular weight is 506 g/mol. The van der Waals surface area contributed by atoms with Crippen LogP contribution < -0.4 is 10.1 Å². The highest BCUT2D eigenvalue weighted by atomic mass is 35.5. The molecule has 1 N–H and O–H groups in total. The third-order valence-corrected chi connectivity index (χ3v) is 6.71. The summed E-state index contributed by atoms with van der Waals surface area (Å²) in [6.45, 7) is 2.49. The minimum absolute atomic E-state index is 0.0400. The van der Waals surface area contributed by atoms with Gasteiger partial charge in [0.25, 0.3) is 5.91 Å². The average Bonchev–Trinajstić information content (AvgIpc) is 3.20. The monoisotopic (exact) mass is 505 g/mol. The topological polar surface area (TPSA) is 38.3 Å². The van der Waals surface area contributed by atoms with Gasteiger partial charge in [0.15, 0.2) is 0 Å². The molecular weight excluding hydrogens is 483 g/mol. The summed E-state index contributed by atoms with van der Waals surface area (Å²) in [6.07, 6.45) is -4.38. The van der Waals surface area contributed by atoms with Crippen molar-refractivity contribution in [2.45, 2.75) is 43.5 Å². The summed E-state index contributed by atoms with van der Waals surface area (Å²) in [7, 11) is 0. The second-order valence-electron chi connectivity index (χ2n) is 8.03. The van der Waals surface area contributed by atoms with E-state index in [1.807, 2.05) is 24.3 Å². The molecule has 1 atom stereocenters. The first-order chi connectivity index (χ1) is 16.2. The standard InChI is InChI=1S/C26H23ClF3NO2S/c1-2-34-22-9-3-16(4-10-22)15-31-25(32)19-6-5-18-12-21(33-24(18)13-19)11-17-7-8-20(27)14-23(17)26(28,29)30/h3-10,13-14,21H,2,11-12,15H2,1H3,(H,31,32). The number of fused-ring (bicyclic) bond motifs is 1. The largest absolute Gasteiger partial charge is 0.489 e. The van der Waals surface area contributed by atoms with Crippen LogP contribution in [0.25, 0.3) is 0 Å². The highest BCUT2D eigenvalue weighted by Crippen LogP contribution is 2.37. The van der Waals surface area contributed by atoms with Crippen molar-refractivity contribution >= 4 is 29.3 Å². The highest BCUT2D eigenvalue weighted by Gasteiger charge is 2.35. The summed E-state index contributed by atoms with van der Waals surface area (Å²) in [5.74, 6) is 1.29. The van der Waals surface area contributed by atoms with Crippen molar-refractivity contribution in [2.75, 3.05) is 5.75 Å². The predicted octanol–water partition coefficient (Wildman–Crippen LogP) is 6.95. The zero-order valence-electron chi connectivity index (χ0n) is 18.4. The molecule has 1 aliphatic heterocycles. The number of carbonyl (C=O) groups excluding carboxylic acids is 1. The molecule has 0 fully saturated rings. The van der Waals surface area contributed by atoms with Crippen LogP contribution in [0.15, 0.2) is 65.6 Å². The number of amides is 1. The molecule has 1 amide bonds. The molecule has 0 aromatic heterocycles. The second-order valence-corrected chi connectivity index (χ2v) is 9.80. The van der Waals surface area contributed by atoms with Gasteiger partial charge in [0.05, 0.1) is 5.56 Å². The molecule has 0 saturated carbocycles. The quantitative estimate of drug-likeness (QED) is 0.353. The Morgan fingerprint density at radius 3 is 2.59 bits per heavy atom. The van der Waals surface area contributed by atoms with Crippen LogP contribution >= 0.6 is 23.4 Å². The Labute approximate surface area is 205 Å². The number of nitrogens with one attached hydrogen (secondary N) is 1. The van der Waals surface area contributed by atoms with Crippen LogP contribution in [-0.2, 0) is 25.6 Å². The summed E-state index contributed by atoms with van der Waals surface area (Å²) in [4.78, 5) is 13.8. The Balaban J connectivity index is 1.39. The van der Waals surface area contributed by atoms with Crippen molar-refractivity contribution in [3.8, 4) is 5.75 Å². The fraction of sp³-hybridized carbons (Fsp3) is 0.269. The van der Waals surface area contributed by atoms with Crippen molar-refractivity contribution in [1.29, 1.82) is 0 Å². The number of benzene rings is 3. The Morgan fingerprint density at radius 1 is 1.12 bits per heavy atom. The van der Waals surface area contributed by atoms with Crippen LogP contribution in [0.4, 0.5) is 13.2 Å². The van der Waals surface area contributed by atoms with E-state index in [1.54, 1.807) is 30.0 Å². The van der Waals surface area contributed by atoms with E-state index < -0.39 is 17.8 Å². The molecule has 8 heteroatoms. The summed E-state index contributed by atoms with van der Waals surface area (Å²) >= 11 is 7.53. The molecule has 0 spiro atoms. The van der Waals surface area contributed by atoms with Crippen molar-refractivity contribution in [3.05, 3.63) is 93.5 Å². The lowest BCUT2D eigenvalue weighted by Crippen LogP contribution is -2.22. The van der Waals surface area contributed by atoms with Gasteiger partial charge in [-0.2, -0.15) is 13.2 Å². The van der Waals surface area contributed by atoms with Gasteiger partial charge in [0, 0.05) is 34.9 Å². The maximum Gasteiger partial charge on any atom is 0.416 e. The second kappa shape index (κ2) is 10.3. The van der Waals surface area contributed by atoms with Gasteiger partial charge < -0.3 is 10.1 Å². The molecule has 0 radical (unpaired) electrons. The van der Waals surface area contributed by atoms with Crippen molar-refractivity contribution in [2.24, 2.45) is 0 Å². The molecular formula is C26H23ClF3NO2S. The first kappa shape index (κ1) is 24.5. The van der Waals surface area contributed by atoms with E-state index in [-0.39, 0.29) is 22.9 Å². The van der Waals surface area contributed by atoms with E-state index in [1.165, 1.54) is 17.0 Å². The lowest BCUT2D eigenvalue weighted by molar-refractivity contribution is -0.138. The van der Waals surface area contributed by atoms with Gasteiger partial charge in [-0.15, -0.1) is 11.8 Å². The molecule has 3 aromatic rings. The number of carbonyl (C=O) groups is 1. The van der Waals surface area contributed by atoms with E-state index >= 15 is 0 Å². The zero-order valence-corrected chi connectivity index (χ0v) is 20.0. The molecule has 1 heterocycles. The van der Waals surface area contributed by atoms with Crippen LogP contribution in [0, 0.1) is 0 Å². The molecule has 34 heavy (non-hydrogen) atoms. The fourth-order valence-corrected chi connectivity index (χ4v) is 4.78. The lowest BCUT2D eigenvalue weighted by Gasteiger charge is -2.16. The number of hydrogen-bond acceptors (Lipinski definition) is 3. The van der Waals surface area contributed by atoms with Gasteiger partial charge in [-0.05, 0) is 58.8 Å². The summed E-state index contributed by atoms with van der Waals surface area (Å²) in [6, 6.07) is 17.0. The highest BCUT2D eigenvalue weighted by molar-refractivity contribution is 7.99. The fourth-order valence-electron chi connectivity index (χ4n) is 3.94. The SMILES string of the molecule is CCSc1ccc(CNC(=O)c2ccc3c(c2)OC(Cc2ccc(Cl)cc2C(F)(F)F)C3)cc1. The molecule has 3 nitrogen and oxygen atoms in total. The van der Waals surface area contributed by atoms with E-state index in [0.29, 0.717) is 24.3 Å². The number of alkyl halides is 3. The Morgan fingerprint density at radius 2 is 1.88 bits per heavy atom. The predicted molar refractivity (Wildman–Crippen MR) is 129 cm³/mol. The smallest absolute Gasteiger partial charge is 0.416 e. The molecule has 0 aliphatic carbocycles. The summed E-state index contributed by atoms with van der Waals surface area (Å²) in [5, 5.41) is 2.94. The van der Waals surface area contributed by atoms with Gasteiger partial charge in [-0.25, -0.2) is 0 Å². The minimum atomic E-state index is -4.49. The van der Waals surface area contributed by atoms with Crippen molar-refractivity contribution < 1.29 is 22.7 Å². The summed E-state index contributed by atoms with van der Waals surface area (Å²) in [5.41, 5.74) is 1.69.